The normalized spacial score (nSPS) is 14.6. The Morgan fingerprint density at radius 3 is 2.10 bits per heavy atom. The summed E-state index contributed by atoms with van der Waals surface area (Å²) in [6.45, 7) is 8.99. The molecule has 0 aromatic rings. The molecule has 1 fully saturated rings. The second-order valence-corrected chi connectivity index (χ2v) is 5.01. The molecule has 1 aliphatic heterocycles. The van der Waals surface area contributed by atoms with Crippen LogP contribution in [0.3, 0.4) is 0 Å². The van der Waals surface area contributed by atoms with Gasteiger partial charge in [0, 0.05) is 52.1 Å². The maximum Gasteiger partial charge on any atom is 0.223 e. The van der Waals surface area contributed by atoms with Crippen molar-refractivity contribution in [3.63, 3.8) is 0 Å². The summed E-state index contributed by atoms with van der Waals surface area (Å²) in [7, 11) is 0. The Kier molecular flexibility index (Phi) is 10.5. The highest BCUT2D eigenvalue weighted by Gasteiger charge is 2.18. The second kappa shape index (κ2) is 10.9. The van der Waals surface area contributed by atoms with Gasteiger partial charge in [0.2, 0.25) is 11.8 Å². The largest absolute Gasteiger partial charge is 0.343 e. The van der Waals surface area contributed by atoms with Crippen LogP contribution in [0.4, 0.5) is 0 Å². The van der Waals surface area contributed by atoms with E-state index in [-0.39, 0.29) is 24.2 Å². The molecule has 6 heteroatoms. The summed E-state index contributed by atoms with van der Waals surface area (Å²) >= 11 is 0. The third-order valence-corrected chi connectivity index (χ3v) is 3.36. The zero-order chi connectivity index (χ0) is 14.1. The van der Waals surface area contributed by atoms with E-state index in [9.17, 15) is 9.59 Å². The van der Waals surface area contributed by atoms with E-state index < -0.39 is 0 Å². The Bertz CT molecular complexity index is 288. The summed E-state index contributed by atoms with van der Waals surface area (Å²) in [5.41, 5.74) is 0. The fourth-order valence-corrected chi connectivity index (χ4v) is 2.35. The van der Waals surface area contributed by atoms with Gasteiger partial charge < -0.3 is 15.1 Å². The first-order valence-corrected chi connectivity index (χ1v) is 7.45. The molecule has 1 saturated heterocycles. The summed E-state index contributed by atoms with van der Waals surface area (Å²) in [6.07, 6.45) is 2.64. The predicted octanol–water partition coefficient (Wildman–Crippen LogP) is 1.27. The molecule has 1 aliphatic rings. The fourth-order valence-electron chi connectivity index (χ4n) is 2.35. The lowest BCUT2D eigenvalue weighted by molar-refractivity contribution is -0.137. The minimum Gasteiger partial charge on any atom is -0.343 e. The van der Waals surface area contributed by atoms with E-state index in [2.05, 4.69) is 19.2 Å². The van der Waals surface area contributed by atoms with Gasteiger partial charge in [-0.3, -0.25) is 9.59 Å². The number of piperazine rings is 1. The van der Waals surface area contributed by atoms with Gasteiger partial charge in [0.05, 0.1) is 0 Å². The van der Waals surface area contributed by atoms with Crippen molar-refractivity contribution in [2.75, 3.05) is 39.3 Å². The Morgan fingerprint density at radius 1 is 1.05 bits per heavy atom. The maximum atomic E-state index is 12.1. The highest BCUT2D eigenvalue weighted by molar-refractivity contribution is 5.85. The molecule has 0 spiro atoms. The van der Waals surface area contributed by atoms with Crippen LogP contribution in [0.1, 0.15) is 39.5 Å². The average molecular weight is 306 g/mol. The van der Waals surface area contributed by atoms with Crippen LogP contribution < -0.4 is 5.32 Å². The molecule has 118 valence electrons. The van der Waals surface area contributed by atoms with E-state index in [0.29, 0.717) is 12.8 Å². The van der Waals surface area contributed by atoms with Gasteiger partial charge in [0.25, 0.3) is 0 Å². The van der Waals surface area contributed by atoms with Crippen molar-refractivity contribution in [2.45, 2.75) is 39.5 Å². The molecule has 0 aromatic heterocycles. The van der Waals surface area contributed by atoms with Crippen LogP contribution in [0.25, 0.3) is 0 Å². The van der Waals surface area contributed by atoms with Crippen molar-refractivity contribution in [3.05, 3.63) is 0 Å². The van der Waals surface area contributed by atoms with Crippen LogP contribution in [0.2, 0.25) is 0 Å². The topological polar surface area (TPSA) is 52.7 Å². The van der Waals surface area contributed by atoms with Gasteiger partial charge in [-0.05, 0) is 12.8 Å². The molecule has 0 radical (unpaired) electrons. The average Bonchev–Trinajstić information content (AvgIpc) is 2.45. The lowest BCUT2D eigenvalue weighted by Gasteiger charge is -2.28. The standard InChI is InChI=1S/C14H27N3O2.ClH/c1-3-9-16(10-4-2)13(18)5-6-14(19)17-11-7-15-8-12-17;/h15H,3-12H2,1-2H3;1H. The van der Waals surface area contributed by atoms with Crippen molar-refractivity contribution in [3.8, 4) is 0 Å². The molecular weight excluding hydrogens is 278 g/mol. The van der Waals surface area contributed by atoms with Crippen LogP contribution in [0.5, 0.6) is 0 Å². The molecule has 2 amide bonds. The van der Waals surface area contributed by atoms with Crippen LogP contribution in [-0.4, -0.2) is 60.9 Å². The van der Waals surface area contributed by atoms with E-state index in [1.807, 2.05) is 9.80 Å². The van der Waals surface area contributed by atoms with Crippen molar-refractivity contribution in [1.82, 2.24) is 15.1 Å². The number of halogens is 1. The van der Waals surface area contributed by atoms with Gasteiger partial charge in [-0.25, -0.2) is 0 Å². The summed E-state index contributed by atoms with van der Waals surface area (Å²) in [4.78, 5) is 27.8. The van der Waals surface area contributed by atoms with Gasteiger partial charge in [-0.1, -0.05) is 13.8 Å². The fraction of sp³-hybridized carbons (Fsp3) is 0.857. The number of nitrogens with zero attached hydrogens (tertiary/aromatic N) is 2. The van der Waals surface area contributed by atoms with Gasteiger partial charge in [-0.2, -0.15) is 0 Å². The number of carbonyl (C=O) groups is 2. The maximum absolute atomic E-state index is 12.1. The molecule has 1 N–H and O–H groups in total. The molecule has 5 nitrogen and oxygen atoms in total. The number of rotatable bonds is 7. The van der Waals surface area contributed by atoms with Gasteiger partial charge >= 0.3 is 0 Å². The van der Waals surface area contributed by atoms with Crippen molar-refractivity contribution < 1.29 is 9.59 Å². The number of carbonyl (C=O) groups excluding carboxylic acids is 2. The third-order valence-electron chi connectivity index (χ3n) is 3.36. The van der Waals surface area contributed by atoms with Crippen molar-refractivity contribution in [2.24, 2.45) is 0 Å². The van der Waals surface area contributed by atoms with E-state index in [0.717, 1.165) is 52.1 Å². The SMILES string of the molecule is CCCN(CCC)C(=O)CCC(=O)N1CCNCC1.Cl. The summed E-state index contributed by atoms with van der Waals surface area (Å²) in [5, 5.41) is 3.22. The number of hydrogen-bond acceptors (Lipinski definition) is 3. The van der Waals surface area contributed by atoms with Crippen LogP contribution in [-0.2, 0) is 9.59 Å². The highest BCUT2D eigenvalue weighted by atomic mass is 35.5. The predicted molar refractivity (Wildman–Crippen MR) is 83.1 cm³/mol. The molecule has 0 aliphatic carbocycles. The van der Waals surface area contributed by atoms with Gasteiger partial charge in [0.1, 0.15) is 0 Å². The van der Waals surface area contributed by atoms with E-state index in [1.54, 1.807) is 0 Å². The Morgan fingerprint density at radius 2 is 1.60 bits per heavy atom. The highest BCUT2D eigenvalue weighted by Crippen LogP contribution is 2.04. The number of amides is 2. The minimum absolute atomic E-state index is 0. The zero-order valence-electron chi connectivity index (χ0n) is 12.7. The Balaban J connectivity index is 0.00000361. The monoisotopic (exact) mass is 305 g/mol. The van der Waals surface area contributed by atoms with Crippen molar-refractivity contribution >= 4 is 24.2 Å². The lowest BCUT2D eigenvalue weighted by Crippen LogP contribution is -2.46. The molecule has 0 saturated carbocycles. The Hall–Kier alpha value is -0.810. The Labute approximate surface area is 128 Å². The molecule has 0 atom stereocenters. The summed E-state index contributed by atoms with van der Waals surface area (Å²) in [6, 6.07) is 0. The van der Waals surface area contributed by atoms with Crippen LogP contribution in [0.15, 0.2) is 0 Å². The minimum atomic E-state index is 0. The smallest absolute Gasteiger partial charge is 0.223 e. The number of nitrogens with one attached hydrogen (secondary N) is 1. The van der Waals surface area contributed by atoms with Crippen molar-refractivity contribution in [1.29, 1.82) is 0 Å². The lowest BCUT2D eigenvalue weighted by atomic mass is 10.2. The van der Waals surface area contributed by atoms with Crippen LogP contribution >= 0.6 is 12.4 Å². The van der Waals surface area contributed by atoms with Gasteiger partial charge in [-0.15, -0.1) is 12.4 Å². The number of hydrogen-bond donors (Lipinski definition) is 1. The zero-order valence-corrected chi connectivity index (χ0v) is 13.5. The molecule has 0 unspecified atom stereocenters. The quantitative estimate of drug-likeness (QED) is 0.770. The molecule has 20 heavy (non-hydrogen) atoms. The molecule has 1 rings (SSSR count). The third kappa shape index (κ3) is 6.57. The first kappa shape index (κ1) is 19.2. The first-order chi connectivity index (χ1) is 9.19. The second-order valence-electron chi connectivity index (χ2n) is 5.01. The van der Waals surface area contributed by atoms with E-state index >= 15 is 0 Å². The molecule has 0 bridgehead atoms. The summed E-state index contributed by atoms with van der Waals surface area (Å²) < 4.78 is 0. The first-order valence-electron chi connectivity index (χ1n) is 7.45. The molecular formula is C14H28ClN3O2. The van der Waals surface area contributed by atoms with E-state index in [4.69, 9.17) is 0 Å². The molecule has 1 heterocycles. The van der Waals surface area contributed by atoms with Gasteiger partial charge in [0.15, 0.2) is 0 Å². The van der Waals surface area contributed by atoms with E-state index in [1.165, 1.54) is 0 Å². The molecule has 0 aromatic carbocycles. The van der Waals surface area contributed by atoms with Crippen LogP contribution in [0, 0.1) is 0 Å². The summed E-state index contributed by atoms with van der Waals surface area (Å²) in [5.74, 6) is 0.231.